The van der Waals surface area contributed by atoms with E-state index in [0.717, 1.165) is 0 Å². The number of nitrogens with zero attached hydrogens (tertiary/aromatic N) is 1. The Bertz CT molecular complexity index is 1210. The zero-order valence-corrected chi connectivity index (χ0v) is 33.1. The van der Waals surface area contributed by atoms with Gasteiger partial charge < -0.3 is 38.4 Å². The lowest BCUT2D eigenvalue weighted by atomic mass is 9.69. The zero-order chi connectivity index (χ0) is 37.6. The summed E-state index contributed by atoms with van der Waals surface area (Å²) >= 11 is 0. The molecule has 4 aliphatic heterocycles. The number of hydrogen-bond acceptors (Lipinski definition) is 10. The smallest absolute Gasteiger partial charge is 0.410 e. The molecule has 4 fully saturated rings. The van der Waals surface area contributed by atoms with Crippen molar-refractivity contribution in [2.45, 2.75) is 177 Å². The number of ether oxygens (including phenoxy) is 6. The van der Waals surface area contributed by atoms with Gasteiger partial charge in [-0.3, -0.25) is 9.59 Å². The molecular formula is C39H67NO10. The quantitative estimate of drug-likeness (QED) is 0.322. The molecule has 50 heavy (non-hydrogen) atoms. The Labute approximate surface area is 300 Å². The predicted octanol–water partition coefficient (Wildman–Crippen LogP) is 6.37. The first-order valence-electron chi connectivity index (χ1n) is 19.1. The SMILES string of the molecule is CC[C@H]1OC(=O)[C@H](C)[C@@H](OC2CC(C)(C)[C@@H](C)[C@H](C)O2)[C@H](C)[C@@H](OC2O[C@H](C)C[C@H](C)[C@H]2O)C(C)(C)C[C@@H](C)C(=O)[C@H](C)[C@@H]2[C@@H]1OC(=O)N2C. The first kappa shape index (κ1) is 41.0. The van der Waals surface area contributed by atoms with Gasteiger partial charge in [0, 0.05) is 31.2 Å². The highest BCUT2D eigenvalue weighted by molar-refractivity contribution is 5.85. The molecule has 0 aromatic rings. The molecular weight excluding hydrogens is 642 g/mol. The van der Waals surface area contributed by atoms with E-state index >= 15 is 0 Å². The summed E-state index contributed by atoms with van der Waals surface area (Å²) in [5, 5.41) is 11.3. The van der Waals surface area contributed by atoms with E-state index in [1.54, 1.807) is 14.0 Å². The van der Waals surface area contributed by atoms with Crippen molar-refractivity contribution >= 4 is 17.8 Å². The van der Waals surface area contributed by atoms with Gasteiger partial charge in [-0.25, -0.2) is 4.79 Å². The highest BCUT2D eigenvalue weighted by atomic mass is 16.7. The fourth-order valence-electron chi connectivity index (χ4n) is 9.28. The van der Waals surface area contributed by atoms with E-state index in [1.165, 1.54) is 4.90 Å². The molecule has 0 aliphatic carbocycles. The third kappa shape index (κ3) is 8.37. The Hall–Kier alpha value is -1.79. The van der Waals surface area contributed by atoms with E-state index in [4.69, 9.17) is 28.4 Å². The van der Waals surface area contributed by atoms with Gasteiger partial charge in [-0.1, -0.05) is 69.2 Å². The van der Waals surface area contributed by atoms with Crippen LogP contribution in [0.25, 0.3) is 0 Å². The van der Waals surface area contributed by atoms with Crippen molar-refractivity contribution in [3.8, 4) is 0 Å². The molecule has 1 N–H and O–H groups in total. The number of aliphatic hydroxyl groups is 1. The second-order valence-corrected chi connectivity index (χ2v) is 17.7. The van der Waals surface area contributed by atoms with Gasteiger partial charge in [0.2, 0.25) is 0 Å². The number of likely N-dealkylation sites (N-methyl/N-ethyl adjacent to an activating group) is 1. The normalized spacial score (nSPS) is 46.1. The molecule has 4 rings (SSSR count). The molecule has 4 aliphatic rings. The van der Waals surface area contributed by atoms with Crippen LogP contribution < -0.4 is 0 Å². The second-order valence-electron chi connectivity index (χ2n) is 17.7. The van der Waals surface area contributed by atoms with Crippen molar-refractivity contribution in [1.82, 2.24) is 4.90 Å². The average Bonchev–Trinajstić information content (AvgIpc) is 3.32. The van der Waals surface area contributed by atoms with Gasteiger partial charge in [0.25, 0.3) is 0 Å². The number of fused-ring (bicyclic) bond motifs is 1. The number of carbonyl (C=O) groups excluding carboxylic acids is 3. The van der Waals surface area contributed by atoms with Crippen LogP contribution in [0.4, 0.5) is 4.79 Å². The van der Waals surface area contributed by atoms with E-state index in [2.05, 4.69) is 41.5 Å². The first-order chi connectivity index (χ1) is 23.1. The molecule has 4 saturated heterocycles. The molecule has 2 unspecified atom stereocenters. The van der Waals surface area contributed by atoms with Crippen molar-refractivity contribution < 1.29 is 47.9 Å². The Kier molecular flexibility index (Phi) is 12.8. The van der Waals surface area contributed by atoms with Crippen molar-refractivity contribution in [2.75, 3.05) is 7.05 Å². The summed E-state index contributed by atoms with van der Waals surface area (Å²) in [5.41, 5.74) is -0.740. The molecule has 0 spiro atoms. The summed E-state index contributed by atoms with van der Waals surface area (Å²) in [5.74, 6) is -2.46. The lowest BCUT2D eigenvalue weighted by molar-refractivity contribution is -0.302. The molecule has 1 amide bonds. The van der Waals surface area contributed by atoms with Crippen LogP contribution in [0, 0.1) is 46.3 Å². The predicted molar refractivity (Wildman–Crippen MR) is 188 cm³/mol. The maximum absolute atomic E-state index is 14.3. The van der Waals surface area contributed by atoms with Crippen molar-refractivity contribution in [3.63, 3.8) is 0 Å². The molecule has 16 atom stereocenters. The molecule has 0 bridgehead atoms. The number of cyclic esters (lactones) is 1. The summed E-state index contributed by atoms with van der Waals surface area (Å²) in [6.07, 6.45) is -3.84. The topological polar surface area (TPSA) is 130 Å². The monoisotopic (exact) mass is 709 g/mol. The van der Waals surface area contributed by atoms with Gasteiger partial charge in [-0.15, -0.1) is 0 Å². The van der Waals surface area contributed by atoms with Crippen molar-refractivity contribution in [1.29, 1.82) is 0 Å². The molecule has 0 radical (unpaired) electrons. The molecule has 11 nitrogen and oxygen atoms in total. The molecule has 11 heteroatoms. The number of rotatable bonds is 5. The fourth-order valence-corrected chi connectivity index (χ4v) is 9.28. The summed E-state index contributed by atoms with van der Waals surface area (Å²) in [7, 11) is 1.63. The van der Waals surface area contributed by atoms with Crippen molar-refractivity contribution in [2.24, 2.45) is 46.3 Å². The lowest BCUT2D eigenvalue weighted by Crippen LogP contribution is -2.55. The van der Waals surface area contributed by atoms with Crippen LogP contribution in [0.5, 0.6) is 0 Å². The van der Waals surface area contributed by atoms with Gasteiger partial charge >= 0.3 is 12.1 Å². The Morgan fingerprint density at radius 2 is 1.50 bits per heavy atom. The molecule has 0 saturated carbocycles. The summed E-state index contributed by atoms with van der Waals surface area (Å²) in [4.78, 5) is 42.9. The first-order valence-corrected chi connectivity index (χ1v) is 19.1. The van der Waals surface area contributed by atoms with E-state index in [1.807, 2.05) is 41.5 Å². The highest BCUT2D eigenvalue weighted by Gasteiger charge is 2.53. The van der Waals surface area contributed by atoms with Crippen LogP contribution in [-0.2, 0) is 38.0 Å². The molecule has 0 aromatic heterocycles. The van der Waals surface area contributed by atoms with Crippen LogP contribution in [0.15, 0.2) is 0 Å². The Balaban J connectivity index is 1.81. The zero-order valence-electron chi connectivity index (χ0n) is 33.1. The minimum Gasteiger partial charge on any atom is -0.458 e. The largest absolute Gasteiger partial charge is 0.458 e. The van der Waals surface area contributed by atoms with E-state index < -0.39 is 90.3 Å². The number of ketones is 1. The third-order valence-corrected chi connectivity index (χ3v) is 12.8. The van der Waals surface area contributed by atoms with E-state index in [-0.39, 0.29) is 29.3 Å². The van der Waals surface area contributed by atoms with E-state index in [9.17, 15) is 19.5 Å². The number of Topliss-reactive ketones (excluding diaryl/α,β-unsaturated/α-hetero) is 1. The van der Waals surface area contributed by atoms with Gasteiger partial charge in [0.15, 0.2) is 18.7 Å². The van der Waals surface area contributed by atoms with Gasteiger partial charge in [0.1, 0.15) is 18.0 Å². The Morgan fingerprint density at radius 3 is 2.10 bits per heavy atom. The standard InChI is InChI=1S/C39H67NO10/c1-15-27-33-29(40(14)37(44)49-33)22(5)30(41)20(3)17-39(12,13)34(50-36-31(42)19(2)16-21(4)45-36)23(6)32(24(7)35(43)47-27)48-28-18-38(10,11)25(8)26(9)46-28/h19-29,31-34,36,42H,15-18H2,1-14H3/t19-,20+,21+,22+,23-,24+,25-,26-,27+,28?,29+,31+,32-,33+,34+,36?/m0/s1. The number of aliphatic hydroxyl groups excluding tert-OH is 1. The van der Waals surface area contributed by atoms with Gasteiger partial charge in [0.05, 0.1) is 36.4 Å². The Morgan fingerprint density at radius 1 is 0.860 bits per heavy atom. The highest BCUT2D eigenvalue weighted by Crippen LogP contribution is 2.45. The number of amides is 1. The van der Waals surface area contributed by atoms with Crippen molar-refractivity contribution in [3.05, 3.63) is 0 Å². The van der Waals surface area contributed by atoms with E-state index in [0.29, 0.717) is 31.6 Å². The summed E-state index contributed by atoms with van der Waals surface area (Å²) < 4.78 is 38.5. The number of esters is 1. The molecule has 4 heterocycles. The molecule has 0 aromatic carbocycles. The third-order valence-electron chi connectivity index (χ3n) is 12.8. The van der Waals surface area contributed by atoms with Gasteiger partial charge in [-0.2, -0.15) is 0 Å². The van der Waals surface area contributed by atoms with Crippen LogP contribution in [0.2, 0.25) is 0 Å². The summed E-state index contributed by atoms with van der Waals surface area (Å²) in [6, 6.07) is -0.607. The summed E-state index contributed by atoms with van der Waals surface area (Å²) in [6.45, 7) is 26.2. The second kappa shape index (κ2) is 15.7. The molecule has 288 valence electrons. The minimum atomic E-state index is -0.904. The average molecular weight is 710 g/mol. The maximum Gasteiger partial charge on any atom is 0.410 e. The van der Waals surface area contributed by atoms with Crippen LogP contribution in [0.3, 0.4) is 0 Å². The minimum absolute atomic E-state index is 0.0128. The maximum atomic E-state index is 14.3. The number of hydrogen-bond donors (Lipinski definition) is 1. The lowest BCUT2D eigenvalue weighted by Gasteiger charge is -2.49. The van der Waals surface area contributed by atoms with Crippen LogP contribution in [-0.4, -0.2) is 96.2 Å². The van der Waals surface area contributed by atoms with Gasteiger partial charge in [-0.05, 0) is 62.7 Å². The number of carbonyl (C=O) groups is 3. The van der Waals surface area contributed by atoms with Crippen LogP contribution >= 0.6 is 0 Å². The van der Waals surface area contributed by atoms with Crippen LogP contribution in [0.1, 0.15) is 116 Å². The fraction of sp³-hybridized carbons (Fsp3) is 0.923.